The van der Waals surface area contributed by atoms with Crippen LogP contribution in [0.4, 0.5) is 0 Å². The molecule has 0 aliphatic carbocycles. The van der Waals surface area contributed by atoms with E-state index in [1.165, 1.54) is 0 Å². The van der Waals surface area contributed by atoms with Crippen LogP contribution in [0, 0.1) is 5.41 Å². The van der Waals surface area contributed by atoms with Gasteiger partial charge in [0.05, 0.1) is 7.11 Å². The monoisotopic (exact) mass is 328 g/mol. The molecule has 5 nitrogen and oxygen atoms in total. The first-order valence-electron chi connectivity index (χ1n) is 7.36. The summed E-state index contributed by atoms with van der Waals surface area (Å²) in [5.41, 5.74) is 0.191. The summed E-state index contributed by atoms with van der Waals surface area (Å²) in [6.45, 7) is 4.99. The van der Waals surface area contributed by atoms with E-state index in [4.69, 9.17) is 9.47 Å². The van der Waals surface area contributed by atoms with E-state index in [9.17, 15) is 4.79 Å². The van der Waals surface area contributed by atoms with E-state index >= 15 is 0 Å². The summed E-state index contributed by atoms with van der Waals surface area (Å²) in [7, 11) is 1.60. The van der Waals surface area contributed by atoms with Crippen molar-refractivity contribution >= 4 is 18.3 Å². The van der Waals surface area contributed by atoms with Crippen molar-refractivity contribution in [2.24, 2.45) is 5.41 Å². The zero-order chi connectivity index (χ0) is 15.1. The zero-order valence-corrected chi connectivity index (χ0v) is 14.0. The topological polar surface area (TPSA) is 59.6 Å². The van der Waals surface area contributed by atoms with Crippen molar-refractivity contribution in [2.45, 2.75) is 19.8 Å². The highest BCUT2D eigenvalue weighted by Crippen LogP contribution is 2.26. The first-order valence-corrected chi connectivity index (χ1v) is 7.36. The van der Waals surface area contributed by atoms with Crippen molar-refractivity contribution in [1.29, 1.82) is 0 Å². The van der Waals surface area contributed by atoms with Gasteiger partial charge in [0.25, 0.3) is 5.91 Å². The molecule has 0 aromatic heterocycles. The summed E-state index contributed by atoms with van der Waals surface area (Å²) in [5.74, 6) is 1.27. The average molecular weight is 329 g/mol. The van der Waals surface area contributed by atoms with Crippen molar-refractivity contribution in [3.05, 3.63) is 24.3 Å². The van der Waals surface area contributed by atoms with E-state index in [-0.39, 0.29) is 30.3 Å². The Balaban J connectivity index is 0.00000242. The number of benzene rings is 1. The van der Waals surface area contributed by atoms with Gasteiger partial charge >= 0.3 is 0 Å². The highest BCUT2D eigenvalue weighted by molar-refractivity contribution is 5.85. The lowest BCUT2D eigenvalue weighted by atomic mass is 9.81. The Morgan fingerprint density at radius 2 is 2.00 bits per heavy atom. The minimum Gasteiger partial charge on any atom is -0.497 e. The van der Waals surface area contributed by atoms with E-state index in [0.29, 0.717) is 12.3 Å². The number of nitrogens with one attached hydrogen (secondary N) is 2. The number of amides is 1. The van der Waals surface area contributed by atoms with Gasteiger partial charge in [-0.1, -0.05) is 13.0 Å². The molecule has 1 fully saturated rings. The molecule has 0 unspecified atom stereocenters. The fourth-order valence-corrected chi connectivity index (χ4v) is 2.41. The molecule has 0 atom stereocenters. The Kier molecular flexibility index (Phi) is 7.48. The number of hydrogen-bond acceptors (Lipinski definition) is 4. The van der Waals surface area contributed by atoms with Crippen LogP contribution in [0.15, 0.2) is 24.3 Å². The summed E-state index contributed by atoms with van der Waals surface area (Å²) in [5, 5.41) is 6.30. The Bertz CT molecular complexity index is 476. The Morgan fingerprint density at radius 1 is 1.32 bits per heavy atom. The molecule has 0 bridgehead atoms. The van der Waals surface area contributed by atoms with Crippen LogP contribution in [-0.2, 0) is 4.79 Å². The number of hydrogen-bond donors (Lipinski definition) is 2. The minimum absolute atomic E-state index is 0. The number of rotatable bonds is 6. The van der Waals surface area contributed by atoms with Crippen LogP contribution in [-0.4, -0.2) is 39.3 Å². The number of ether oxygens (including phenoxy) is 2. The van der Waals surface area contributed by atoms with Crippen LogP contribution >= 0.6 is 12.4 Å². The Hall–Kier alpha value is -1.46. The first kappa shape index (κ1) is 18.6. The molecular weight excluding hydrogens is 304 g/mol. The fraction of sp³-hybridized carbons (Fsp3) is 0.562. The van der Waals surface area contributed by atoms with Gasteiger partial charge in [0.2, 0.25) is 0 Å². The van der Waals surface area contributed by atoms with E-state index in [1.54, 1.807) is 13.2 Å². The molecule has 124 valence electrons. The Morgan fingerprint density at radius 3 is 2.68 bits per heavy atom. The van der Waals surface area contributed by atoms with Gasteiger partial charge in [-0.05, 0) is 43.5 Å². The van der Waals surface area contributed by atoms with Crippen molar-refractivity contribution in [3.63, 3.8) is 0 Å². The van der Waals surface area contributed by atoms with Crippen LogP contribution in [0.1, 0.15) is 19.8 Å². The standard InChI is InChI=1S/C16H24N2O3.ClH/c1-16(6-8-17-9-7-16)12-18-15(19)11-21-14-5-3-4-13(10-14)20-2;/h3-5,10,17H,6-9,11-12H2,1-2H3,(H,18,19);1H. The molecule has 0 spiro atoms. The number of piperidine rings is 1. The SMILES string of the molecule is COc1cccc(OCC(=O)NCC2(C)CCNCC2)c1.Cl. The molecule has 1 aromatic rings. The lowest BCUT2D eigenvalue weighted by Crippen LogP contribution is -2.43. The molecule has 1 aromatic carbocycles. The molecule has 2 N–H and O–H groups in total. The lowest BCUT2D eigenvalue weighted by Gasteiger charge is -2.34. The summed E-state index contributed by atoms with van der Waals surface area (Å²) in [6, 6.07) is 7.25. The minimum atomic E-state index is -0.0856. The van der Waals surface area contributed by atoms with Crippen molar-refractivity contribution < 1.29 is 14.3 Å². The summed E-state index contributed by atoms with van der Waals surface area (Å²) in [6.07, 6.45) is 2.17. The van der Waals surface area contributed by atoms with Crippen LogP contribution in [0.5, 0.6) is 11.5 Å². The largest absolute Gasteiger partial charge is 0.497 e. The predicted molar refractivity (Wildman–Crippen MR) is 89.0 cm³/mol. The van der Waals surface area contributed by atoms with Gasteiger partial charge in [0.1, 0.15) is 11.5 Å². The zero-order valence-electron chi connectivity index (χ0n) is 13.2. The van der Waals surface area contributed by atoms with Gasteiger partial charge in [0, 0.05) is 12.6 Å². The van der Waals surface area contributed by atoms with Crippen LogP contribution in [0.2, 0.25) is 0 Å². The third-order valence-corrected chi connectivity index (χ3v) is 3.93. The number of carbonyl (C=O) groups is 1. The van der Waals surface area contributed by atoms with Crippen molar-refractivity contribution in [1.82, 2.24) is 10.6 Å². The molecule has 1 aliphatic heterocycles. The van der Waals surface area contributed by atoms with Crippen LogP contribution in [0.25, 0.3) is 0 Å². The van der Waals surface area contributed by atoms with Gasteiger partial charge < -0.3 is 20.1 Å². The summed E-state index contributed by atoms with van der Waals surface area (Å²) < 4.78 is 10.6. The van der Waals surface area contributed by atoms with Gasteiger partial charge in [0.15, 0.2) is 6.61 Å². The molecule has 0 radical (unpaired) electrons. The number of methoxy groups -OCH3 is 1. The fourth-order valence-electron chi connectivity index (χ4n) is 2.41. The Labute approximate surface area is 138 Å². The molecule has 22 heavy (non-hydrogen) atoms. The molecule has 1 saturated heterocycles. The van der Waals surface area contributed by atoms with Gasteiger partial charge in [-0.25, -0.2) is 0 Å². The molecule has 2 rings (SSSR count). The second-order valence-corrected chi connectivity index (χ2v) is 5.81. The molecule has 1 amide bonds. The van der Waals surface area contributed by atoms with Gasteiger partial charge in [-0.3, -0.25) is 4.79 Å². The van der Waals surface area contributed by atoms with Crippen molar-refractivity contribution in [2.75, 3.05) is 33.4 Å². The third-order valence-electron chi connectivity index (χ3n) is 3.93. The summed E-state index contributed by atoms with van der Waals surface area (Å²) in [4.78, 5) is 11.9. The smallest absolute Gasteiger partial charge is 0.257 e. The highest BCUT2D eigenvalue weighted by Gasteiger charge is 2.26. The van der Waals surface area contributed by atoms with E-state index in [0.717, 1.165) is 31.7 Å². The third kappa shape index (κ3) is 5.73. The molecular formula is C16H25ClN2O3. The first-order chi connectivity index (χ1) is 10.1. The van der Waals surface area contributed by atoms with Crippen LogP contribution < -0.4 is 20.1 Å². The quantitative estimate of drug-likeness (QED) is 0.838. The normalized spacial score (nSPS) is 16.3. The van der Waals surface area contributed by atoms with Gasteiger partial charge in [-0.15, -0.1) is 12.4 Å². The maximum Gasteiger partial charge on any atom is 0.257 e. The van der Waals surface area contributed by atoms with E-state index < -0.39 is 0 Å². The van der Waals surface area contributed by atoms with Crippen molar-refractivity contribution in [3.8, 4) is 11.5 Å². The summed E-state index contributed by atoms with van der Waals surface area (Å²) >= 11 is 0. The molecule has 6 heteroatoms. The van der Waals surface area contributed by atoms with E-state index in [1.807, 2.05) is 18.2 Å². The average Bonchev–Trinajstić information content (AvgIpc) is 2.52. The predicted octanol–water partition coefficient (Wildman–Crippen LogP) is 2.00. The maximum atomic E-state index is 11.9. The molecule has 1 aliphatic rings. The second-order valence-electron chi connectivity index (χ2n) is 5.81. The van der Waals surface area contributed by atoms with Crippen LogP contribution in [0.3, 0.4) is 0 Å². The lowest BCUT2D eigenvalue weighted by molar-refractivity contribution is -0.123. The van der Waals surface area contributed by atoms with Gasteiger partial charge in [-0.2, -0.15) is 0 Å². The number of carbonyl (C=O) groups excluding carboxylic acids is 1. The van der Waals surface area contributed by atoms with E-state index in [2.05, 4.69) is 17.6 Å². The number of halogens is 1. The highest BCUT2D eigenvalue weighted by atomic mass is 35.5. The molecule has 0 saturated carbocycles. The second kappa shape index (κ2) is 8.86. The molecule has 1 heterocycles. The maximum absolute atomic E-state index is 11.9.